The van der Waals surface area contributed by atoms with Crippen molar-refractivity contribution in [2.75, 3.05) is 0 Å². The lowest BCUT2D eigenvalue weighted by atomic mass is 9.99. The van der Waals surface area contributed by atoms with E-state index in [9.17, 15) is 0 Å². The lowest BCUT2D eigenvalue weighted by Gasteiger charge is -2.10. The number of aryl methyl sites for hydroxylation is 1. The largest absolute Gasteiger partial charge is 0.294 e. The molecule has 0 unspecified atom stereocenters. The Hall–Kier alpha value is -5.02. The predicted octanol–water partition coefficient (Wildman–Crippen LogP) is 8.00. The van der Waals surface area contributed by atoms with Crippen LogP contribution in [0.3, 0.4) is 0 Å². The number of aromatic nitrogens is 3. The smallest absolute Gasteiger partial charge is 0.212 e. The van der Waals surface area contributed by atoms with Crippen LogP contribution in [-0.2, 0) is 7.05 Å². The highest BCUT2D eigenvalue weighted by atomic mass is 15.0. The third kappa shape index (κ3) is 3.77. The first-order valence-electron chi connectivity index (χ1n) is 12.9. The van der Waals surface area contributed by atoms with Gasteiger partial charge < -0.3 is 0 Å². The number of hydrogen-bond donors (Lipinski definition) is 0. The maximum atomic E-state index is 4.76. The van der Waals surface area contributed by atoms with Crippen LogP contribution in [0.15, 0.2) is 140 Å². The maximum Gasteiger partial charge on any atom is 0.212 e. The molecule has 0 aliphatic heterocycles. The number of benzene rings is 4. The minimum absolute atomic E-state index is 0.975. The van der Waals surface area contributed by atoms with E-state index >= 15 is 0 Å². The number of para-hydroxylation sites is 1. The van der Waals surface area contributed by atoms with Crippen LogP contribution >= 0.6 is 0 Å². The van der Waals surface area contributed by atoms with Crippen LogP contribution in [0.2, 0.25) is 0 Å². The molecule has 0 aliphatic carbocycles. The van der Waals surface area contributed by atoms with Crippen LogP contribution in [0.25, 0.3) is 61.1 Å². The van der Waals surface area contributed by atoms with Gasteiger partial charge in [-0.15, -0.1) is 0 Å². The van der Waals surface area contributed by atoms with E-state index in [4.69, 9.17) is 4.98 Å². The van der Waals surface area contributed by atoms with Crippen molar-refractivity contribution >= 4 is 21.9 Å². The Balaban J connectivity index is 1.31. The lowest BCUT2D eigenvalue weighted by Crippen LogP contribution is -2.30. The maximum absolute atomic E-state index is 4.76. The Labute approximate surface area is 221 Å². The Morgan fingerprint density at radius 3 is 2.08 bits per heavy atom. The molecule has 0 aliphatic rings. The SMILES string of the molecule is C[n+]1ccc(-c2ccc(-c3ccccc3)cc2)cc1-c1cccc(-n2c3ccccc3c3cccnc32)c1. The molecule has 0 radical (unpaired) electrons. The molecule has 7 rings (SSSR count). The van der Waals surface area contributed by atoms with Crippen molar-refractivity contribution in [1.82, 2.24) is 9.55 Å². The summed E-state index contributed by atoms with van der Waals surface area (Å²) in [6.07, 6.45) is 4.01. The van der Waals surface area contributed by atoms with Gasteiger partial charge in [-0.2, -0.15) is 0 Å². The average molecular weight is 489 g/mol. The van der Waals surface area contributed by atoms with Gasteiger partial charge in [-0.25, -0.2) is 9.55 Å². The van der Waals surface area contributed by atoms with Crippen molar-refractivity contribution in [3.05, 3.63) is 140 Å². The summed E-state index contributed by atoms with van der Waals surface area (Å²) in [5, 5.41) is 2.38. The first kappa shape index (κ1) is 22.2. The van der Waals surface area contributed by atoms with E-state index in [2.05, 4.69) is 144 Å². The summed E-state index contributed by atoms with van der Waals surface area (Å²) >= 11 is 0. The molecule has 180 valence electrons. The molecule has 0 spiro atoms. The van der Waals surface area contributed by atoms with E-state index < -0.39 is 0 Å². The minimum Gasteiger partial charge on any atom is -0.294 e. The van der Waals surface area contributed by atoms with Crippen molar-refractivity contribution in [3.63, 3.8) is 0 Å². The highest BCUT2D eigenvalue weighted by molar-refractivity contribution is 6.07. The number of pyridine rings is 2. The number of hydrogen-bond acceptors (Lipinski definition) is 1. The van der Waals surface area contributed by atoms with Gasteiger partial charge in [0.1, 0.15) is 12.7 Å². The first-order chi connectivity index (χ1) is 18.8. The molecule has 3 heteroatoms. The van der Waals surface area contributed by atoms with E-state index in [0.717, 1.165) is 28.1 Å². The van der Waals surface area contributed by atoms with Crippen molar-refractivity contribution < 1.29 is 4.57 Å². The summed E-state index contributed by atoms with van der Waals surface area (Å²) in [6, 6.07) is 45.2. The molecule has 3 nitrogen and oxygen atoms in total. The van der Waals surface area contributed by atoms with Crippen molar-refractivity contribution in [3.8, 4) is 39.2 Å². The predicted molar refractivity (Wildman–Crippen MR) is 156 cm³/mol. The molecule has 7 aromatic rings. The Morgan fingerprint density at radius 1 is 0.553 bits per heavy atom. The Morgan fingerprint density at radius 2 is 1.24 bits per heavy atom. The van der Waals surface area contributed by atoms with E-state index in [0.29, 0.717) is 0 Å². The molecule has 0 fully saturated rings. The third-order valence-electron chi connectivity index (χ3n) is 7.31. The summed E-state index contributed by atoms with van der Waals surface area (Å²) in [5.74, 6) is 0. The van der Waals surface area contributed by atoms with Gasteiger partial charge in [0, 0.05) is 40.4 Å². The van der Waals surface area contributed by atoms with Gasteiger partial charge in [0.2, 0.25) is 5.69 Å². The van der Waals surface area contributed by atoms with E-state index in [1.807, 2.05) is 12.3 Å². The summed E-state index contributed by atoms with van der Waals surface area (Å²) in [4.78, 5) is 4.76. The molecule has 3 heterocycles. The Bertz CT molecular complexity index is 1860. The topological polar surface area (TPSA) is 21.7 Å². The van der Waals surface area contributed by atoms with Gasteiger partial charge >= 0.3 is 0 Å². The minimum atomic E-state index is 0.975. The third-order valence-corrected chi connectivity index (χ3v) is 7.31. The molecule has 0 saturated carbocycles. The highest BCUT2D eigenvalue weighted by Gasteiger charge is 2.16. The van der Waals surface area contributed by atoms with Crippen LogP contribution in [0, 0.1) is 0 Å². The zero-order valence-corrected chi connectivity index (χ0v) is 21.1. The average Bonchev–Trinajstić information content (AvgIpc) is 3.33. The number of rotatable bonds is 4. The van der Waals surface area contributed by atoms with Crippen LogP contribution < -0.4 is 4.57 Å². The lowest BCUT2D eigenvalue weighted by molar-refractivity contribution is -0.660. The first-order valence-corrected chi connectivity index (χ1v) is 12.9. The molecule has 3 aromatic heterocycles. The van der Waals surface area contributed by atoms with E-state index in [-0.39, 0.29) is 0 Å². The molecule has 0 amide bonds. The zero-order valence-electron chi connectivity index (χ0n) is 21.1. The van der Waals surface area contributed by atoms with Crippen LogP contribution in [-0.4, -0.2) is 9.55 Å². The fraction of sp³-hybridized carbons (Fsp3) is 0.0286. The van der Waals surface area contributed by atoms with Gasteiger partial charge in [-0.05, 0) is 58.7 Å². The fourth-order valence-electron chi connectivity index (χ4n) is 5.38. The van der Waals surface area contributed by atoms with Crippen LogP contribution in [0.5, 0.6) is 0 Å². The van der Waals surface area contributed by atoms with Gasteiger partial charge in [0.25, 0.3) is 0 Å². The molecule has 0 bridgehead atoms. The van der Waals surface area contributed by atoms with Crippen molar-refractivity contribution in [2.45, 2.75) is 0 Å². The van der Waals surface area contributed by atoms with Crippen molar-refractivity contribution in [1.29, 1.82) is 0 Å². The Kier molecular flexibility index (Phi) is 5.33. The molecule has 4 aromatic carbocycles. The van der Waals surface area contributed by atoms with E-state index in [1.165, 1.54) is 33.0 Å². The second-order valence-electron chi connectivity index (χ2n) is 9.63. The molecule has 0 atom stereocenters. The molecular formula is C35H26N3+. The molecule has 38 heavy (non-hydrogen) atoms. The van der Waals surface area contributed by atoms with Gasteiger partial charge in [-0.3, -0.25) is 4.57 Å². The van der Waals surface area contributed by atoms with Gasteiger partial charge in [0.15, 0.2) is 6.20 Å². The second kappa shape index (κ2) is 9.13. The summed E-state index contributed by atoms with van der Waals surface area (Å²) in [6.45, 7) is 0. The normalized spacial score (nSPS) is 11.3. The van der Waals surface area contributed by atoms with Gasteiger partial charge in [0.05, 0.1) is 5.52 Å². The standard InChI is InChI=1S/C35H26N3/c1-37-22-20-28(27-18-16-26(17-19-27)25-9-3-2-4-10-25)24-34(37)29-11-7-12-30(23-29)38-33-15-6-5-13-31(33)32-14-8-21-36-35(32)38/h2-24H,1H3/q+1. The molecule has 0 saturated heterocycles. The quantitative estimate of drug-likeness (QED) is 0.230. The number of nitrogens with zero attached hydrogens (tertiary/aromatic N) is 3. The summed E-state index contributed by atoms with van der Waals surface area (Å²) in [5.41, 5.74) is 10.4. The van der Waals surface area contributed by atoms with Crippen molar-refractivity contribution in [2.24, 2.45) is 7.05 Å². The van der Waals surface area contributed by atoms with Crippen LogP contribution in [0.1, 0.15) is 0 Å². The van der Waals surface area contributed by atoms with E-state index in [1.54, 1.807) is 0 Å². The summed E-state index contributed by atoms with van der Waals surface area (Å²) < 4.78 is 4.45. The summed E-state index contributed by atoms with van der Waals surface area (Å²) in [7, 11) is 2.10. The second-order valence-corrected chi connectivity index (χ2v) is 9.63. The molecular weight excluding hydrogens is 462 g/mol. The number of fused-ring (bicyclic) bond motifs is 3. The monoisotopic (exact) mass is 488 g/mol. The molecule has 0 N–H and O–H groups in total. The van der Waals surface area contributed by atoms with Gasteiger partial charge in [-0.1, -0.05) is 78.9 Å². The zero-order chi connectivity index (χ0) is 25.5. The van der Waals surface area contributed by atoms with Crippen LogP contribution in [0.4, 0.5) is 0 Å². The highest BCUT2D eigenvalue weighted by Crippen LogP contribution is 2.32. The fourth-order valence-corrected chi connectivity index (χ4v) is 5.38.